The van der Waals surface area contributed by atoms with Crippen LogP contribution in [0.2, 0.25) is 0 Å². The average Bonchev–Trinajstić information content (AvgIpc) is 2.41. The summed E-state index contributed by atoms with van der Waals surface area (Å²) < 4.78 is 11.2. The minimum atomic E-state index is -0.516. The molecular formula is C14H22N2O4. The number of anilines is 1. The lowest BCUT2D eigenvalue weighted by Crippen LogP contribution is -2.04. The van der Waals surface area contributed by atoms with Crippen molar-refractivity contribution in [3.63, 3.8) is 0 Å². The Balaban J connectivity index is 2.93. The average molecular weight is 282 g/mol. The van der Waals surface area contributed by atoms with Crippen molar-refractivity contribution in [1.29, 1.82) is 0 Å². The van der Waals surface area contributed by atoms with Crippen molar-refractivity contribution in [2.75, 3.05) is 18.9 Å². The van der Waals surface area contributed by atoms with Gasteiger partial charge in [-0.25, -0.2) is 0 Å². The van der Waals surface area contributed by atoms with Crippen molar-refractivity contribution in [3.05, 3.63) is 22.2 Å². The molecule has 0 saturated carbocycles. The number of ether oxygens (including phenoxy) is 2. The number of unbranched alkanes of at least 4 members (excludes halogenated alkanes) is 2. The molecule has 0 amide bonds. The first-order valence-corrected chi connectivity index (χ1v) is 6.93. The van der Waals surface area contributed by atoms with Crippen LogP contribution in [0.15, 0.2) is 12.1 Å². The van der Waals surface area contributed by atoms with Crippen molar-refractivity contribution >= 4 is 11.4 Å². The van der Waals surface area contributed by atoms with Gasteiger partial charge in [-0.1, -0.05) is 26.7 Å². The van der Waals surface area contributed by atoms with Crippen molar-refractivity contribution < 1.29 is 14.4 Å². The molecule has 0 aliphatic heterocycles. The van der Waals surface area contributed by atoms with E-state index in [2.05, 4.69) is 6.92 Å². The van der Waals surface area contributed by atoms with Crippen LogP contribution < -0.4 is 15.2 Å². The van der Waals surface area contributed by atoms with Gasteiger partial charge in [0.25, 0.3) is 5.69 Å². The van der Waals surface area contributed by atoms with E-state index in [-0.39, 0.29) is 11.4 Å². The molecule has 1 rings (SSSR count). The summed E-state index contributed by atoms with van der Waals surface area (Å²) in [6.45, 7) is 5.15. The molecule has 0 aromatic heterocycles. The van der Waals surface area contributed by atoms with E-state index in [4.69, 9.17) is 15.2 Å². The molecular weight excluding hydrogens is 260 g/mol. The van der Waals surface area contributed by atoms with E-state index >= 15 is 0 Å². The molecule has 0 saturated heterocycles. The lowest BCUT2D eigenvalue weighted by atomic mass is 10.2. The Kier molecular flexibility index (Phi) is 6.63. The number of hydrogen-bond acceptors (Lipinski definition) is 5. The zero-order valence-corrected chi connectivity index (χ0v) is 12.1. The Labute approximate surface area is 119 Å². The molecule has 1 aromatic carbocycles. The number of rotatable bonds is 9. The molecule has 0 aliphatic rings. The maximum absolute atomic E-state index is 10.9. The van der Waals surface area contributed by atoms with Gasteiger partial charge in [0.05, 0.1) is 24.2 Å². The zero-order chi connectivity index (χ0) is 15.0. The third-order valence-electron chi connectivity index (χ3n) is 2.80. The molecule has 2 N–H and O–H groups in total. The minimum absolute atomic E-state index is 0.0874. The number of nitrogen functional groups attached to an aromatic ring is 1. The van der Waals surface area contributed by atoms with Crippen LogP contribution in [-0.2, 0) is 0 Å². The monoisotopic (exact) mass is 282 g/mol. The lowest BCUT2D eigenvalue weighted by molar-refractivity contribution is -0.384. The fraction of sp³-hybridized carbons (Fsp3) is 0.571. The molecule has 112 valence electrons. The number of nitro groups is 1. The predicted octanol–water partition coefficient (Wildman–Crippen LogP) is 3.53. The molecule has 0 heterocycles. The van der Waals surface area contributed by atoms with Gasteiger partial charge in [-0.3, -0.25) is 10.1 Å². The molecule has 6 nitrogen and oxygen atoms in total. The second-order valence-corrected chi connectivity index (χ2v) is 4.52. The Morgan fingerprint density at radius 1 is 1.10 bits per heavy atom. The number of nitrogens with two attached hydrogens (primary N) is 1. The second-order valence-electron chi connectivity index (χ2n) is 4.52. The quantitative estimate of drug-likeness (QED) is 0.324. The Morgan fingerprint density at radius 2 is 1.60 bits per heavy atom. The predicted molar refractivity (Wildman–Crippen MR) is 78.3 cm³/mol. The first-order chi connectivity index (χ1) is 9.60. The van der Waals surface area contributed by atoms with Gasteiger partial charge in [-0.2, -0.15) is 0 Å². The van der Waals surface area contributed by atoms with Crippen LogP contribution >= 0.6 is 0 Å². The van der Waals surface area contributed by atoms with Crippen LogP contribution in [0, 0.1) is 10.1 Å². The van der Waals surface area contributed by atoms with Gasteiger partial charge in [0.15, 0.2) is 11.5 Å². The lowest BCUT2D eigenvalue weighted by Gasteiger charge is -2.13. The summed E-state index contributed by atoms with van der Waals surface area (Å²) >= 11 is 0. The van der Waals surface area contributed by atoms with Gasteiger partial charge in [-0.05, 0) is 12.8 Å². The highest BCUT2D eigenvalue weighted by Crippen LogP contribution is 2.36. The van der Waals surface area contributed by atoms with E-state index in [0.29, 0.717) is 24.7 Å². The third kappa shape index (κ3) is 4.60. The highest BCUT2D eigenvalue weighted by molar-refractivity contribution is 5.65. The molecule has 0 atom stereocenters. The standard InChI is InChI=1S/C14H22N2O4/c1-3-5-7-19-13-9-11(15)12(16(17)18)10-14(13)20-8-6-4-2/h9-10H,3-8,15H2,1-2H3. The van der Waals surface area contributed by atoms with Gasteiger partial charge in [0, 0.05) is 6.07 Å². The molecule has 1 aromatic rings. The van der Waals surface area contributed by atoms with Gasteiger partial charge >= 0.3 is 0 Å². The summed E-state index contributed by atoms with van der Waals surface area (Å²) in [6, 6.07) is 2.81. The van der Waals surface area contributed by atoms with E-state index in [0.717, 1.165) is 25.7 Å². The molecule has 0 spiro atoms. The van der Waals surface area contributed by atoms with Gasteiger partial charge in [0.2, 0.25) is 0 Å². The fourth-order valence-electron chi connectivity index (χ4n) is 1.60. The Hall–Kier alpha value is -1.98. The summed E-state index contributed by atoms with van der Waals surface area (Å²) in [6.07, 6.45) is 3.79. The molecule has 0 bridgehead atoms. The van der Waals surface area contributed by atoms with Crippen LogP contribution in [-0.4, -0.2) is 18.1 Å². The molecule has 0 fully saturated rings. The van der Waals surface area contributed by atoms with Crippen LogP contribution in [0.3, 0.4) is 0 Å². The number of nitro benzene ring substituents is 1. The normalized spacial score (nSPS) is 10.3. The van der Waals surface area contributed by atoms with Crippen molar-refractivity contribution in [1.82, 2.24) is 0 Å². The van der Waals surface area contributed by atoms with E-state index in [9.17, 15) is 10.1 Å². The smallest absolute Gasteiger partial charge is 0.296 e. The summed E-state index contributed by atoms with van der Waals surface area (Å²) in [5.74, 6) is 0.855. The minimum Gasteiger partial charge on any atom is -0.490 e. The van der Waals surface area contributed by atoms with Crippen LogP contribution in [0.4, 0.5) is 11.4 Å². The van der Waals surface area contributed by atoms with E-state index in [1.807, 2.05) is 6.92 Å². The van der Waals surface area contributed by atoms with Crippen LogP contribution in [0.1, 0.15) is 39.5 Å². The van der Waals surface area contributed by atoms with E-state index in [1.165, 1.54) is 12.1 Å². The molecule has 0 aliphatic carbocycles. The molecule has 0 unspecified atom stereocenters. The van der Waals surface area contributed by atoms with Crippen LogP contribution in [0.5, 0.6) is 11.5 Å². The Bertz CT molecular complexity index is 449. The highest BCUT2D eigenvalue weighted by Gasteiger charge is 2.18. The van der Waals surface area contributed by atoms with Crippen molar-refractivity contribution in [2.45, 2.75) is 39.5 Å². The van der Waals surface area contributed by atoms with Gasteiger partial charge in [-0.15, -0.1) is 0 Å². The van der Waals surface area contributed by atoms with E-state index in [1.54, 1.807) is 0 Å². The molecule has 20 heavy (non-hydrogen) atoms. The fourth-order valence-corrected chi connectivity index (χ4v) is 1.60. The zero-order valence-electron chi connectivity index (χ0n) is 12.1. The van der Waals surface area contributed by atoms with Crippen molar-refractivity contribution in [2.24, 2.45) is 0 Å². The molecule has 0 radical (unpaired) electrons. The maximum atomic E-state index is 10.9. The maximum Gasteiger partial charge on any atom is 0.296 e. The number of benzene rings is 1. The largest absolute Gasteiger partial charge is 0.490 e. The first kappa shape index (κ1) is 16.1. The highest BCUT2D eigenvalue weighted by atomic mass is 16.6. The van der Waals surface area contributed by atoms with Crippen LogP contribution in [0.25, 0.3) is 0 Å². The summed E-state index contributed by atoms with van der Waals surface area (Å²) in [5, 5.41) is 10.9. The van der Waals surface area contributed by atoms with Gasteiger partial charge in [0.1, 0.15) is 5.69 Å². The molecule has 6 heteroatoms. The first-order valence-electron chi connectivity index (χ1n) is 6.93. The summed E-state index contributed by atoms with van der Waals surface area (Å²) in [5.41, 5.74) is 5.61. The summed E-state index contributed by atoms with van der Waals surface area (Å²) in [7, 11) is 0. The number of hydrogen-bond donors (Lipinski definition) is 1. The third-order valence-corrected chi connectivity index (χ3v) is 2.80. The van der Waals surface area contributed by atoms with E-state index < -0.39 is 4.92 Å². The SMILES string of the molecule is CCCCOc1cc(N)c([N+](=O)[O-])cc1OCCCC. The topological polar surface area (TPSA) is 87.6 Å². The second kappa shape index (κ2) is 8.24. The number of nitrogens with zero attached hydrogens (tertiary/aromatic N) is 1. The Morgan fingerprint density at radius 3 is 2.05 bits per heavy atom. The van der Waals surface area contributed by atoms with Crippen molar-refractivity contribution in [3.8, 4) is 11.5 Å². The summed E-state index contributed by atoms with van der Waals surface area (Å²) in [4.78, 5) is 10.4. The van der Waals surface area contributed by atoms with Gasteiger partial charge < -0.3 is 15.2 Å².